The fraction of sp³-hybridized carbons (Fsp3) is 0.615. The first-order valence-corrected chi connectivity index (χ1v) is 6.08. The Balaban J connectivity index is 2.05. The van der Waals surface area contributed by atoms with Crippen LogP contribution in [0.3, 0.4) is 0 Å². The molecule has 0 radical (unpaired) electrons. The van der Waals surface area contributed by atoms with Crippen molar-refractivity contribution in [3.63, 3.8) is 0 Å². The molecule has 1 aliphatic heterocycles. The fourth-order valence-corrected chi connectivity index (χ4v) is 2.28. The molecule has 4 nitrogen and oxygen atoms in total. The maximum absolute atomic E-state index is 9.56. The third kappa shape index (κ3) is 2.96. The predicted molar refractivity (Wildman–Crippen MR) is 67.1 cm³/mol. The number of pyridine rings is 1. The summed E-state index contributed by atoms with van der Waals surface area (Å²) in [6.45, 7) is 4.60. The lowest BCUT2D eigenvalue weighted by molar-refractivity contribution is 0.161. The van der Waals surface area contributed by atoms with Gasteiger partial charge in [0.05, 0.1) is 12.7 Å². The van der Waals surface area contributed by atoms with Crippen LogP contribution in [0.15, 0.2) is 18.3 Å². The zero-order valence-electron chi connectivity index (χ0n) is 10.5. The Labute approximate surface area is 102 Å². The van der Waals surface area contributed by atoms with Gasteiger partial charge in [-0.05, 0) is 31.0 Å². The van der Waals surface area contributed by atoms with Crippen molar-refractivity contribution in [1.82, 2.24) is 4.98 Å². The maximum Gasteiger partial charge on any atom is 0.128 e. The molecule has 0 aliphatic carbocycles. The third-order valence-electron chi connectivity index (χ3n) is 3.26. The molecule has 0 spiro atoms. The minimum absolute atomic E-state index is 0.436. The molecule has 1 aliphatic rings. The lowest BCUT2D eigenvalue weighted by Gasteiger charge is -2.18. The van der Waals surface area contributed by atoms with Crippen molar-refractivity contribution >= 4 is 5.82 Å². The Morgan fingerprint density at radius 3 is 3.18 bits per heavy atom. The molecule has 2 rings (SSSR count). The Morgan fingerprint density at radius 1 is 1.65 bits per heavy atom. The van der Waals surface area contributed by atoms with Gasteiger partial charge in [0.1, 0.15) is 5.82 Å². The molecular formula is C13H20N2O2. The average molecular weight is 236 g/mol. The highest BCUT2D eigenvalue weighted by molar-refractivity contribution is 5.42. The molecule has 1 aromatic rings. The molecule has 0 bridgehead atoms. The second-order valence-corrected chi connectivity index (χ2v) is 4.68. The highest BCUT2D eigenvalue weighted by Gasteiger charge is 2.23. The maximum atomic E-state index is 9.56. The number of anilines is 1. The summed E-state index contributed by atoms with van der Waals surface area (Å²) in [5, 5.41) is 9.56. The van der Waals surface area contributed by atoms with Crippen LogP contribution < -0.4 is 4.90 Å². The number of aliphatic hydroxyl groups excluding tert-OH is 1. The number of hydrogen-bond acceptors (Lipinski definition) is 4. The van der Waals surface area contributed by atoms with Gasteiger partial charge in [0.15, 0.2) is 0 Å². The van der Waals surface area contributed by atoms with Crippen LogP contribution in [0.5, 0.6) is 0 Å². The second kappa shape index (κ2) is 5.47. The quantitative estimate of drug-likeness (QED) is 0.862. The van der Waals surface area contributed by atoms with Gasteiger partial charge >= 0.3 is 0 Å². The Kier molecular flexibility index (Phi) is 3.97. The van der Waals surface area contributed by atoms with E-state index in [1.54, 1.807) is 20.2 Å². The van der Waals surface area contributed by atoms with E-state index in [9.17, 15) is 5.11 Å². The van der Waals surface area contributed by atoms with Crippen molar-refractivity contribution in [3.05, 3.63) is 23.9 Å². The molecule has 1 saturated heterocycles. The zero-order chi connectivity index (χ0) is 12.3. The van der Waals surface area contributed by atoms with Crippen molar-refractivity contribution in [2.45, 2.75) is 19.4 Å². The molecule has 17 heavy (non-hydrogen) atoms. The number of nitrogens with zero attached hydrogens (tertiary/aromatic N) is 2. The number of aromatic nitrogens is 1. The van der Waals surface area contributed by atoms with Gasteiger partial charge in [0.25, 0.3) is 0 Å². The number of ether oxygens (including phenoxy) is 1. The summed E-state index contributed by atoms with van der Waals surface area (Å²) in [6.07, 6.45) is 2.48. The first kappa shape index (κ1) is 12.3. The Hall–Kier alpha value is -1.13. The van der Waals surface area contributed by atoms with E-state index in [1.165, 1.54) is 0 Å². The largest absolute Gasteiger partial charge is 0.389 e. The molecule has 1 fully saturated rings. The van der Waals surface area contributed by atoms with Gasteiger partial charge in [0.2, 0.25) is 0 Å². The van der Waals surface area contributed by atoms with Crippen molar-refractivity contribution in [1.29, 1.82) is 0 Å². The molecule has 4 heteroatoms. The van der Waals surface area contributed by atoms with E-state index < -0.39 is 6.10 Å². The second-order valence-electron chi connectivity index (χ2n) is 4.68. The van der Waals surface area contributed by atoms with Crippen LogP contribution in [0.4, 0.5) is 5.82 Å². The van der Waals surface area contributed by atoms with Crippen molar-refractivity contribution in [2.75, 3.05) is 31.7 Å². The van der Waals surface area contributed by atoms with E-state index in [0.717, 1.165) is 37.5 Å². The molecule has 1 unspecified atom stereocenters. The van der Waals surface area contributed by atoms with Crippen LogP contribution in [-0.4, -0.2) is 36.9 Å². The van der Waals surface area contributed by atoms with E-state index >= 15 is 0 Å². The summed E-state index contributed by atoms with van der Waals surface area (Å²) < 4.78 is 5.18. The highest BCUT2D eigenvalue weighted by Crippen LogP contribution is 2.24. The summed E-state index contributed by atoms with van der Waals surface area (Å²) >= 11 is 0. The molecule has 1 N–H and O–H groups in total. The van der Waals surface area contributed by atoms with E-state index in [1.807, 2.05) is 12.1 Å². The first-order chi connectivity index (χ1) is 8.20. The SMILES string of the molecule is COCC1CCN(c2cc([C@H](C)O)ccn2)C1. The minimum atomic E-state index is -0.436. The van der Waals surface area contributed by atoms with Gasteiger partial charge < -0.3 is 14.7 Å². The van der Waals surface area contributed by atoms with Crippen LogP contribution in [0.25, 0.3) is 0 Å². The van der Waals surface area contributed by atoms with Gasteiger partial charge in [-0.1, -0.05) is 0 Å². The van der Waals surface area contributed by atoms with Crippen molar-refractivity contribution in [3.8, 4) is 0 Å². The van der Waals surface area contributed by atoms with Crippen molar-refractivity contribution in [2.24, 2.45) is 5.92 Å². The van der Waals surface area contributed by atoms with Gasteiger partial charge in [-0.25, -0.2) is 4.98 Å². The lowest BCUT2D eigenvalue weighted by Crippen LogP contribution is -2.22. The number of rotatable bonds is 4. The first-order valence-electron chi connectivity index (χ1n) is 6.08. The van der Waals surface area contributed by atoms with E-state index in [4.69, 9.17) is 4.74 Å². The van der Waals surface area contributed by atoms with E-state index in [2.05, 4.69) is 9.88 Å². The zero-order valence-corrected chi connectivity index (χ0v) is 10.5. The third-order valence-corrected chi connectivity index (χ3v) is 3.26. The van der Waals surface area contributed by atoms with Crippen LogP contribution in [-0.2, 0) is 4.74 Å². The van der Waals surface area contributed by atoms with Crippen molar-refractivity contribution < 1.29 is 9.84 Å². The van der Waals surface area contributed by atoms with Crippen LogP contribution in [0, 0.1) is 5.92 Å². The summed E-state index contributed by atoms with van der Waals surface area (Å²) in [6, 6.07) is 3.83. The summed E-state index contributed by atoms with van der Waals surface area (Å²) in [7, 11) is 1.75. The monoisotopic (exact) mass is 236 g/mol. The molecule has 2 atom stereocenters. The lowest BCUT2D eigenvalue weighted by atomic mass is 10.1. The van der Waals surface area contributed by atoms with E-state index in [-0.39, 0.29) is 0 Å². The Morgan fingerprint density at radius 2 is 2.47 bits per heavy atom. The van der Waals surface area contributed by atoms with Gasteiger partial charge in [-0.15, -0.1) is 0 Å². The minimum Gasteiger partial charge on any atom is -0.389 e. The topological polar surface area (TPSA) is 45.6 Å². The molecule has 0 amide bonds. The number of methoxy groups -OCH3 is 1. The molecule has 0 aromatic carbocycles. The molecular weight excluding hydrogens is 216 g/mol. The van der Waals surface area contributed by atoms with Gasteiger partial charge in [0, 0.05) is 32.3 Å². The van der Waals surface area contributed by atoms with Gasteiger partial charge in [-0.2, -0.15) is 0 Å². The molecule has 94 valence electrons. The standard InChI is InChI=1S/C13H20N2O2/c1-10(16)12-3-5-14-13(7-12)15-6-4-11(8-15)9-17-2/h3,5,7,10-11,16H,4,6,8-9H2,1-2H3/t10-,11?/m0/s1. The summed E-state index contributed by atoms with van der Waals surface area (Å²) in [5.74, 6) is 1.55. The summed E-state index contributed by atoms with van der Waals surface area (Å²) in [4.78, 5) is 6.63. The predicted octanol–water partition coefficient (Wildman–Crippen LogP) is 1.61. The highest BCUT2D eigenvalue weighted by atomic mass is 16.5. The average Bonchev–Trinajstić information content (AvgIpc) is 2.78. The molecule has 1 aromatic heterocycles. The number of hydrogen-bond donors (Lipinski definition) is 1. The van der Waals surface area contributed by atoms with Crippen LogP contribution in [0.1, 0.15) is 25.0 Å². The van der Waals surface area contributed by atoms with Crippen LogP contribution >= 0.6 is 0 Å². The molecule has 2 heterocycles. The smallest absolute Gasteiger partial charge is 0.128 e. The molecule has 0 saturated carbocycles. The Bertz CT molecular complexity index is 368. The summed E-state index contributed by atoms with van der Waals surface area (Å²) in [5.41, 5.74) is 0.921. The van der Waals surface area contributed by atoms with E-state index in [0.29, 0.717) is 5.92 Å². The van der Waals surface area contributed by atoms with Crippen LogP contribution in [0.2, 0.25) is 0 Å². The normalized spacial score (nSPS) is 21.8. The van der Waals surface area contributed by atoms with Gasteiger partial charge in [-0.3, -0.25) is 0 Å². The number of aliphatic hydroxyl groups is 1. The fourth-order valence-electron chi connectivity index (χ4n) is 2.28.